The summed E-state index contributed by atoms with van der Waals surface area (Å²) in [6.07, 6.45) is 1.65. The number of amides is 1. The van der Waals surface area contributed by atoms with Crippen LogP contribution in [0, 0.1) is 13.8 Å². The lowest BCUT2D eigenvalue weighted by Gasteiger charge is -2.20. The maximum atomic E-state index is 12.7. The fourth-order valence-electron chi connectivity index (χ4n) is 3.03. The molecule has 0 spiro atoms. The van der Waals surface area contributed by atoms with Gasteiger partial charge in [-0.25, -0.2) is 9.48 Å². The molecule has 1 amide bonds. The van der Waals surface area contributed by atoms with E-state index in [0.29, 0.717) is 24.3 Å². The average molecular weight is 399 g/mol. The number of para-hydroxylation sites is 1. The van der Waals surface area contributed by atoms with E-state index < -0.39 is 24.0 Å². The van der Waals surface area contributed by atoms with Crippen molar-refractivity contribution in [3.63, 3.8) is 0 Å². The van der Waals surface area contributed by atoms with Gasteiger partial charge in [0.15, 0.2) is 6.04 Å². The molecule has 0 bridgehead atoms. The van der Waals surface area contributed by atoms with Gasteiger partial charge in [-0.3, -0.25) is 4.79 Å². The quantitative estimate of drug-likeness (QED) is 0.377. The van der Waals surface area contributed by atoms with Crippen molar-refractivity contribution >= 4 is 11.9 Å². The number of carbonyl (C=O) groups is 2. The minimum absolute atomic E-state index is 0.210. The average Bonchev–Trinajstić information content (AvgIpc) is 3.01. The Hall–Kier alpha value is -2.93. The zero-order valence-corrected chi connectivity index (χ0v) is 17.5. The van der Waals surface area contributed by atoms with Crippen LogP contribution in [0.3, 0.4) is 0 Å². The number of aryl methyl sites for hydroxylation is 1. The van der Waals surface area contributed by atoms with Crippen LogP contribution in [0.5, 0.6) is 0 Å². The summed E-state index contributed by atoms with van der Waals surface area (Å²) in [5.74, 6) is -0.920. The minimum Gasteiger partial charge on any atom is -0.464 e. The summed E-state index contributed by atoms with van der Waals surface area (Å²) < 4.78 is 12.5. The van der Waals surface area contributed by atoms with Crippen LogP contribution in [0.2, 0.25) is 0 Å². The first-order valence-corrected chi connectivity index (χ1v) is 9.71. The number of nitrogens with one attached hydrogen (secondary N) is 1. The third-order valence-electron chi connectivity index (χ3n) is 4.50. The summed E-state index contributed by atoms with van der Waals surface area (Å²) in [6.45, 7) is 11.3. The van der Waals surface area contributed by atoms with Gasteiger partial charge in [0, 0.05) is 11.3 Å². The third-order valence-corrected chi connectivity index (χ3v) is 4.50. The zero-order valence-electron chi connectivity index (χ0n) is 17.5. The molecule has 1 heterocycles. The van der Waals surface area contributed by atoms with E-state index in [0.717, 1.165) is 11.4 Å². The smallest absolute Gasteiger partial charge is 0.333 e. The highest BCUT2D eigenvalue weighted by Gasteiger charge is 2.31. The molecular weight excluding hydrogens is 370 g/mol. The van der Waals surface area contributed by atoms with Crippen LogP contribution in [0.1, 0.15) is 43.3 Å². The van der Waals surface area contributed by atoms with Crippen LogP contribution >= 0.6 is 0 Å². The van der Waals surface area contributed by atoms with Crippen LogP contribution in [0.25, 0.3) is 5.69 Å². The summed E-state index contributed by atoms with van der Waals surface area (Å²) in [5.41, 5.74) is 2.89. The molecule has 2 aromatic rings. The Bertz CT molecular complexity index is 845. The van der Waals surface area contributed by atoms with Crippen molar-refractivity contribution in [2.75, 3.05) is 13.2 Å². The number of aromatic nitrogens is 2. The lowest BCUT2D eigenvalue weighted by molar-refractivity contribution is -0.149. The predicted octanol–water partition coefficient (Wildman–Crippen LogP) is 3.19. The monoisotopic (exact) mass is 399 g/mol. The van der Waals surface area contributed by atoms with Crippen molar-refractivity contribution in [3.8, 4) is 5.69 Å². The minimum atomic E-state index is -0.967. The van der Waals surface area contributed by atoms with Crippen LogP contribution in [-0.2, 0) is 19.1 Å². The Morgan fingerprint density at radius 2 is 1.97 bits per heavy atom. The van der Waals surface area contributed by atoms with Crippen molar-refractivity contribution in [1.29, 1.82) is 0 Å². The molecule has 1 aromatic heterocycles. The van der Waals surface area contributed by atoms with Crippen LogP contribution in [-0.4, -0.2) is 41.0 Å². The SMILES string of the molecule is C=CCCOC(C)C(=O)NC(C(=O)OCC)c1c(C)nn(-c2ccccc2)c1C. The molecule has 7 nitrogen and oxygen atoms in total. The van der Waals surface area contributed by atoms with Gasteiger partial charge in [0.05, 0.1) is 24.6 Å². The number of rotatable bonds is 10. The molecule has 0 aliphatic rings. The fourth-order valence-corrected chi connectivity index (χ4v) is 3.03. The number of hydrogen-bond donors (Lipinski definition) is 1. The van der Waals surface area contributed by atoms with Crippen LogP contribution in [0.4, 0.5) is 0 Å². The standard InChI is InChI=1S/C22H29N3O4/c1-6-8-14-29-17(5)21(26)23-20(22(27)28-7-2)19-15(3)24-25(16(19)4)18-12-10-9-11-13-18/h6,9-13,17,20H,1,7-8,14H2,2-5H3,(H,23,26). The number of benzene rings is 1. The molecule has 7 heteroatoms. The van der Waals surface area contributed by atoms with E-state index in [2.05, 4.69) is 17.0 Å². The number of esters is 1. The summed E-state index contributed by atoms with van der Waals surface area (Å²) in [7, 11) is 0. The Balaban J connectivity index is 2.33. The van der Waals surface area contributed by atoms with Gasteiger partial charge >= 0.3 is 5.97 Å². The molecule has 156 valence electrons. The summed E-state index contributed by atoms with van der Waals surface area (Å²) >= 11 is 0. The topological polar surface area (TPSA) is 82.4 Å². The van der Waals surface area contributed by atoms with Gasteiger partial charge < -0.3 is 14.8 Å². The van der Waals surface area contributed by atoms with Crippen molar-refractivity contribution in [3.05, 3.63) is 59.9 Å². The number of nitrogens with zero attached hydrogens (tertiary/aromatic N) is 2. The van der Waals surface area contributed by atoms with E-state index in [9.17, 15) is 9.59 Å². The van der Waals surface area contributed by atoms with E-state index in [-0.39, 0.29) is 6.61 Å². The van der Waals surface area contributed by atoms with Crippen LogP contribution in [0.15, 0.2) is 43.0 Å². The van der Waals surface area contributed by atoms with E-state index in [1.165, 1.54) is 0 Å². The maximum Gasteiger partial charge on any atom is 0.333 e. The molecule has 29 heavy (non-hydrogen) atoms. The van der Waals surface area contributed by atoms with Gasteiger partial charge in [-0.1, -0.05) is 24.3 Å². The Kier molecular flexibility index (Phi) is 8.15. The maximum absolute atomic E-state index is 12.7. The normalized spacial score (nSPS) is 12.8. The summed E-state index contributed by atoms with van der Waals surface area (Å²) in [4.78, 5) is 25.3. The van der Waals surface area contributed by atoms with Gasteiger partial charge in [0.2, 0.25) is 5.91 Å². The molecule has 1 aromatic carbocycles. The van der Waals surface area contributed by atoms with Crippen molar-refractivity contribution in [2.45, 2.75) is 46.3 Å². The second-order valence-electron chi connectivity index (χ2n) is 6.62. The highest BCUT2D eigenvalue weighted by atomic mass is 16.5. The van der Waals surface area contributed by atoms with Gasteiger partial charge in [0.25, 0.3) is 0 Å². The second-order valence-corrected chi connectivity index (χ2v) is 6.62. The predicted molar refractivity (Wildman–Crippen MR) is 111 cm³/mol. The molecular formula is C22H29N3O4. The number of ether oxygens (including phenoxy) is 2. The lowest BCUT2D eigenvalue weighted by atomic mass is 10.0. The highest BCUT2D eigenvalue weighted by Crippen LogP contribution is 2.25. The molecule has 0 fully saturated rings. The first-order valence-electron chi connectivity index (χ1n) is 9.71. The molecule has 0 saturated carbocycles. The van der Waals surface area contributed by atoms with Gasteiger partial charge in [-0.2, -0.15) is 5.10 Å². The molecule has 0 aliphatic heterocycles. The van der Waals surface area contributed by atoms with E-state index in [4.69, 9.17) is 9.47 Å². The molecule has 2 unspecified atom stereocenters. The Morgan fingerprint density at radius 3 is 2.59 bits per heavy atom. The van der Waals surface area contributed by atoms with Gasteiger partial charge in [0.1, 0.15) is 6.10 Å². The zero-order chi connectivity index (χ0) is 21.4. The van der Waals surface area contributed by atoms with Crippen molar-refractivity contribution in [2.24, 2.45) is 0 Å². The molecule has 0 radical (unpaired) electrons. The van der Waals surface area contributed by atoms with Crippen molar-refractivity contribution < 1.29 is 19.1 Å². The molecule has 1 N–H and O–H groups in total. The summed E-state index contributed by atoms with van der Waals surface area (Å²) in [6, 6.07) is 8.64. The van der Waals surface area contributed by atoms with Gasteiger partial charge in [-0.15, -0.1) is 6.58 Å². The number of carbonyl (C=O) groups excluding carboxylic acids is 2. The third kappa shape index (κ3) is 5.54. The van der Waals surface area contributed by atoms with Crippen molar-refractivity contribution in [1.82, 2.24) is 15.1 Å². The first kappa shape index (κ1) is 22.4. The molecule has 2 atom stereocenters. The van der Waals surface area contributed by atoms with Gasteiger partial charge in [-0.05, 0) is 46.2 Å². The lowest BCUT2D eigenvalue weighted by Crippen LogP contribution is -2.41. The Morgan fingerprint density at radius 1 is 1.28 bits per heavy atom. The summed E-state index contributed by atoms with van der Waals surface area (Å²) in [5, 5.41) is 7.35. The first-order chi connectivity index (χ1) is 13.9. The highest BCUT2D eigenvalue weighted by molar-refractivity contribution is 5.88. The van der Waals surface area contributed by atoms with E-state index >= 15 is 0 Å². The molecule has 0 saturated heterocycles. The Labute approximate surface area is 171 Å². The van der Waals surface area contributed by atoms with E-state index in [1.54, 1.807) is 24.6 Å². The largest absolute Gasteiger partial charge is 0.464 e. The number of hydrogen-bond acceptors (Lipinski definition) is 5. The fraction of sp³-hybridized carbons (Fsp3) is 0.409. The van der Waals surface area contributed by atoms with Crippen LogP contribution < -0.4 is 5.32 Å². The second kappa shape index (κ2) is 10.6. The molecule has 0 aliphatic carbocycles. The molecule has 2 rings (SSSR count). The van der Waals surface area contributed by atoms with E-state index in [1.807, 2.05) is 44.2 Å².